The number of benzene rings is 1. The number of hydrogen-bond acceptors (Lipinski definition) is 6. The molecule has 0 saturated carbocycles. The molecule has 21 heavy (non-hydrogen) atoms. The van der Waals surface area contributed by atoms with Crippen molar-refractivity contribution in [2.24, 2.45) is 5.10 Å². The molecular weight excluding hydrogens is 343 g/mol. The summed E-state index contributed by atoms with van der Waals surface area (Å²) in [5.74, 6) is -1.43. The van der Waals surface area contributed by atoms with E-state index in [4.69, 9.17) is 34.8 Å². The summed E-state index contributed by atoms with van der Waals surface area (Å²) >= 11 is 17.7. The highest BCUT2D eigenvalue weighted by molar-refractivity contribution is 6.42. The fourth-order valence-corrected chi connectivity index (χ4v) is 2.16. The summed E-state index contributed by atoms with van der Waals surface area (Å²) in [6.45, 7) is 0. The van der Waals surface area contributed by atoms with E-state index >= 15 is 0 Å². The molecule has 0 bridgehead atoms. The van der Waals surface area contributed by atoms with Gasteiger partial charge in [0.15, 0.2) is 5.71 Å². The molecule has 0 aliphatic heterocycles. The number of halogens is 3. The van der Waals surface area contributed by atoms with Crippen molar-refractivity contribution >= 4 is 58.1 Å². The molecule has 114 valence electrons. The summed E-state index contributed by atoms with van der Waals surface area (Å²) in [6, 6.07) is 2.90. The van der Waals surface area contributed by atoms with Crippen molar-refractivity contribution in [2.75, 3.05) is 19.6 Å². The number of ether oxygens (including phenoxy) is 2. The number of rotatable bonds is 5. The topological polar surface area (TPSA) is 77.0 Å². The van der Waals surface area contributed by atoms with Crippen LogP contribution in [0, 0.1) is 0 Å². The molecule has 1 aromatic carbocycles. The Bertz CT molecular complexity index is 567. The summed E-state index contributed by atoms with van der Waals surface area (Å²) in [5, 5.41) is 4.55. The number of anilines is 1. The van der Waals surface area contributed by atoms with Crippen LogP contribution >= 0.6 is 34.8 Å². The van der Waals surface area contributed by atoms with Crippen LogP contribution in [0.1, 0.15) is 6.42 Å². The standard InChI is InChI=1S/C12H11Cl3N2O4/c1-20-10(18)5-9(12(19)21-2)16-17-11-7(14)3-6(13)4-8(11)15/h3-4,17H,5H2,1-2H3. The van der Waals surface area contributed by atoms with Crippen LogP contribution in [0.4, 0.5) is 5.69 Å². The number of methoxy groups -OCH3 is 2. The molecule has 0 aliphatic carbocycles. The van der Waals surface area contributed by atoms with Gasteiger partial charge in [0.05, 0.1) is 36.4 Å². The Balaban J connectivity index is 3.02. The summed E-state index contributed by atoms with van der Waals surface area (Å²) in [4.78, 5) is 22.7. The van der Waals surface area contributed by atoms with Crippen LogP contribution in [-0.4, -0.2) is 31.9 Å². The largest absolute Gasteiger partial charge is 0.469 e. The summed E-state index contributed by atoms with van der Waals surface area (Å²) in [6.07, 6.45) is -0.362. The molecule has 0 fully saturated rings. The Morgan fingerprint density at radius 2 is 1.71 bits per heavy atom. The molecule has 1 N–H and O–H groups in total. The van der Waals surface area contributed by atoms with Crippen molar-refractivity contribution in [3.8, 4) is 0 Å². The first-order valence-corrected chi connectivity index (χ1v) is 6.64. The predicted octanol–water partition coefficient (Wildman–Crippen LogP) is 3.15. The molecular formula is C12H11Cl3N2O4. The van der Waals surface area contributed by atoms with E-state index in [1.807, 2.05) is 0 Å². The highest BCUT2D eigenvalue weighted by atomic mass is 35.5. The van der Waals surface area contributed by atoms with E-state index < -0.39 is 11.9 Å². The summed E-state index contributed by atoms with van der Waals surface area (Å²) in [7, 11) is 2.36. The SMILES string of the molecule is COC(=O)CC(=NNc1c(Cl)cc(Cl)cc1Cl)C(=O)OC. The lowest BCUT2D eigenvalue weighted by molar-refractivity contribution is -0.140. The second kappa shape index (κ2) is 8.07. The molecule has 6 nitrogen and oxygen atoms in total. The smallest absolute Gasteiger partial charge is 0.354 e. The lowest BCUT2D eigenvalue weighted by atomic mass is 10.3. The van der Waals surface area contributed by atoms with Gasteiger partial charge in [0.1, 0.15) is 0 Å². The second-order valence-corrected chi connectivity index (χ2v) is 4.91. The molecule has 9 heteroatoms. The van der Waals surface area contributed by atoms with Crippen LogP contribution in [0.15, 0.2) is 17.2 Å². The molecule has 1 aromatic rings. The lowest BCUT2D eigenvalue weighted by Crippen LogP contribution is -2.21. The van der Waals surface area contributed by atoms with Gasteiger partial charge in [-0.25, -0.2) is 4.79 Å². The Labute approximate surface area is 135 Å². The number of nitrogens with zero attached hydrogens (tertiary/aromatic N) is 1. The van der Waals surface area contributed by atoms with Crippen molar-refractivity contribution in [1.82, 2.24) is 0 Å². The Kier molecular flexibility index (Phi) is 6.74. The van der Waals surface area contributed by atoms with Gasteiger partial charge in [-0.2, -0.15) is 5.10 Å². The van der Waals surface area contributed by atoms with Crippen molar-refractivity contribution in [2.45, 2.75) is 6.42 Å². The number of nitrogens with one attached hydrogen (secondary N) is 1. The normalized spacial score (nSPS) is 11.0. The third-order valence-electron chi connectivity index (χ3n) is 2.27. The van der Waals surface area contributed by atoms with Gasteiger partial charge < -0.3 is 9.47 Å². The first-order chi connectivity index (χ1) is 9.88. The van der Waals surface area contributed by atoms with Gasteiger partial charge in [-0.15, -0.1) is 0 Å². The van der Waals surface area contributed by atoms with Gasteiger partial charge in [0, 0.05) is 5.02 Å². The van der Waals surface area contributed by atoms with Crippen molar-refractivity contribution in [3.05, 3.63) is 27.2 Å². The summed E-state index contributed by atoms with van der Waals surface area (Å²) in [5.41, 5.74) is 2.57. The first-order valence-electron chi connectivity index (χ1n) is 5.51. The molecule has 0 atom stereocenters. The zero-order valence-electron chi connectivity index (χ0n) is 11.1. The highest BCUT2D eigenvalue weighted by Gasteiger charge is 2.18. The van der Waals surface area contributed by atoms with E-state index in [0.717, 1.165) is 7.11 Å². The molecule has 0 amide bonds. The van der Waals surface area contributed by atoms with E-state index in [2.05, 4.69) is 20.0 Å². The van der Waals surface area contributed by atoms with Crippen LogP contribution in [-0.2, 0) is 19.1 Å². The maximum absolute atomic E-state index is 11.5. The molecule has 0 aromatic heterocycles. The van der Waals surface area contributed by atoms with E-state index in [0.29, 0.717) is 5.02 Å². The third-order valence-corrected chi connectivity index (χ3v) is 3.08. The fraction of sp³-hybridized carbons (Fsp3) is 0.250. The average molecular weight is 354 g/mol. The Hall–Kier alpha value is -1.50. The number of hydrogen-bond donors (Lipinski definition) is 1. The maximum Gasteiger partial charge on any atom is 0.354 e. The maximum atomic E-state index is 11.5. The third kappa shape index (κ3) is 5.08. The van der Waals surface area contributed by atoms with Crippen LogP contribution < -0.4 is 5.43 Å². The monoisotopic (exact) mass is 352 g/mol. The number of carbonyl (C=O) groups excluding carboxylic acids is 2. The minimum Gasteiger partial charge on any atom is -0.469 e. The minimum atomic E-state index is -0.783. The van der Waals surface area contributed by atoms with Gasteiger partial charge in [-0.05, 0) is 12.1 Å². The van der Waals surface area contributed by atoms with Crippen molar-refractivity contribution < 1.29 is 19.1 Å². The van der Waals surface area contributed by atoms with Crippen LogP contribution in [0.25, 0.3) is 0 Å². The van der Waals surface area contributed by atoms with Crippen molar-refractivity contribution in [1.29, 1.82) is 0 Å². The molecule has 0 radical (unpaired) electrons. The zero-order valence-corrected chi connectivity index (χ0v) is 13.3. The van der Waals surface area contributed by atoms with E-state index in [9.17, 15) is 9.59 Å². The predicted molar refractivity (Wildman–Crippen MR) is 81.2 cm³/mol. The summed E-state index contributed by atoms with van der Waals surface area (Å²) < 4.78 is 8.99. The van der Waals surface area contributed by atoms with E-state index in [1.54, 1.807) is 0 Å². The van der Waals surface area contributed by atoms with Crippen molar-refractivity contribution in [3.63, 3.8) is 0 Å². The second-order valence-electron chi connectivity index (χ2n) is 3.66. The number of esters is 2. The lowest BCUT2D eigenvalue weighted by Gasteiger charge is -2.08. The Morgan fingerprint density at radius 1 is 1.14 bits per heavy atom. The average Bonchev–Trinajstić information content (AvgIpc) is 2.43. The molecule has 1 rings (SSSR count). The van der Waals surface area contributed by atoms with E-state index in [1.165, 1.54) is 19.2 Å². The van der Waals surface area contributed by atoms with Gasteiger partial charge in [0.25, 0.3) is 0 Å². The van der Waals surface area contributed by atoms with Crippen LogP contribution in [0.2, 0.25) is 15.1 Å². The van der Waals surface area contributed by atoms with Crippen LogP contribution in [0.5, 0.6) is 0 Å². The molecule has 0 heterocycles. The highest BCUT2D eigenvalue weighted by Crippen LogP contribution is 2.33. The molecule has 0 saturated heterocycles. The number of hydrazone groups is 1. The fourth-order valence-electron chi connectivity index (χ4n) is 1.26. The zero-order chi connectivity index (χ0) is 16.0. The molecule has 0 spiro atoms. The van der Waals surface area contributed by atoms with Gasteiger partial charge in [-0.3, -0.25) is 10.2 Å². The van der Waals surface area contributed by atoms with Gasteiger partial charge >= 0.3 is 11.9 Å². The first kappa shape index (κ1) is 17.6. The minimum absolute atomic E-state index is 0.188. The van der Waals surface area contributed by atoms with Crippen LogP contribution in [0.3, 0.4) is 0 Å². The number of carbonyl (C=O) groups is 2. The molecule has 0 aliphatic rings. The quantitative estimate of drug-likeness (QED) is 0.500. The van der Waals surface area contributed by atoms with Gasteiger partial charge in [-0.1, -0.05) is 34.8 Å². The van der Waals surface area contributed by atoms with E-state index in [-0.39, 0.29) is 27.9 Å². The molecule has 0 unspecified atom stereocenters. The Morgan fingerprint density at radius 3 is 2.19 bits per heavy atom. The van der Waals surface area contributed by atoms with Gasteiger partial charge in [0.2, 0.25) is 0 Å².